The number of halogens is 3. The van der Waals surface area contributed by atoms with Crippen molar-refractivity contribution in [3.63, 3.8) is 0 Å². The summed E-state index contributed by atoms with van der Waals surface area (Å²) in [6.45, 7) is 6.27. The molecule has 11 heteroatoms. The van der Waals surface area contributed by atoms with Crippen molar-refractivity contribution in [2.24, 2.45) is 0 Å². The van der Waals surface area contributed by atoms with Gasteiger partial charge in [-0.05, 0) is 74.2 Å². The van der Waals surface area contributed by atoms with E-state index in [2.05, 4.69) is 28.7 Å². The van der Waals surface area contributed by atoms with E-state index < -0.39 is 11.7 Å². The Hall–Kier alpha value is -4.25. The highest BCUT2D eigenvalue weighted by atomic mass is 19.4. The summed E-state index contributed by atoms with van der Waals surface area (Å²) in [5.41, 5.74) is 2.51. The third-order valence-corrected chi connectivity index (χ3v) is 7.16. The van der Waals surface area contributed by atoms with Crippen molar-refractivity contribution in [1.82, 2.24) is 19.8 Å². The van der Waals surface area contributed by atoms with Crippen molar-refractivity contribution < 1.29 is 27.9 Å². The summed E-state index contributed by atoms with van der Waals surface area (Å²) in [4.78, 5) is 36.7. The molecule has 224 valence electrons. The first-order valence-electron chi connectivity index (χ1n) is 13.6. The molecule has 0 bridgehead atoms. The molecule has 1 aromatic carbocycles. The summed E-state index contributed by atoms with van der Waals surface area (Å²) in [6, 6.07) is 11.1. The van der Waals surface area contributed by atoms with E-state index in [9.17, 15) is 18.0 Å². The first kappa shape index (κ1) is 32.3. The molecule has 4 rings (SSSR count). The largest absolute Gasteiger partial charge is 0.483 e. The number of anilines is 2. The quantitative estimate of drug-likeness (QED) is 0.262. The van der Waals surface area contributed by atoms with E-state index in [1.54, 1.807) is 30.9 Å². The van der Waals surface area contributed by atoms with E-state index in [1.807, 2.05) is 35.0 Å². The fourth-order valence-corrected chi connectivity index (χ4v) is 4.79. The minimum atomic E-state index is -4.40. The summed E-state index contributed by atoms with van der Waals surface area (Å²) in [5.74, 6) is -0.177. The molecule has 0 atom stereocenters. The van der Waals surface area contributed by atoms with Crippen LogP contribution in [0, 0.1) is 0 Å². The summed E-state index contributed by atoms with van der Waals surface area (Å²) in [7, 11) is 1.94. The fraction of sp³-hybridized carbons (Fsp3) is 0.355. The Morgan fingerprint density at radius 1 is 1.07 bits per heavy atom. The van der Waals surface area contributed by atoms with Crippen LogP contribution in [0.1, 0.15) is 43.4 Å². The minimum absolute atomic E-state index is 0.0458. The van der Waals surface area contributed by atoms with E-state index >= 15 is 0 Å². The van der Waals surface area contributed by atoms with Gasteiger partial charge in [-0.15, -0.1) is 0 Å². The lowest BCUT2D eigenvalue weighted by molar-refractivity contribution is -0.137. The second-order valence-corrected chi connectivity index (χ2v) is 10.2. The molecule has 1 aliphatic heterocycles. The molecule has 0 aliphatic carbocycles. The van der Waals surface area contributed by atoms with Crippen molar-refractivity contribution in [1.29, 1.82) is 0 Å². The van der Waals surface area contributed by atoms with Crippen molar-refractivity contribution >= 4 is 29.8 Å². The van der Waals surface area contributed by atoms with Crippen LogP contribution in [0.15, 0.2) is 73.3 Å². The van der Waals surface area contributed by atoms with Crippen LogP contribution in [0.5, 0.6) is 0 Å². The molecule has 0 spiro atoms. The van der Waals surface area contributed by atoms with E-state index in [1.165, 1.54) is 18.2 Å². The van der Waals surface area contributed by atoms with Gasteiger partial charge in [0.25, 0.3) is 6.47 Å². The van der Waals surface area contributed by atoms with Crippen LogP contribution in [0.3, 0.4) is 0 Å². The molecule has 8 nitrogen and oxygen atoms in total. The lowest BCUT2D eigenvalue weighted by Gasteiger charge is -2.39. The molecule has 0 radical (unpaired) electrons. The normalized spacial score (nSPS) is 14.4. The van der Waals surface area contributed by atoms with E-state index in [0.29, 0.717) is 18.2 Å². The number of carboxylic acid groups (broad SMARTS) is 1. The Kier molecular flexibility index (Phi) is 11.6. The molecule has 1 amide bonds. The summed E-state index contributed by atoms with van der Waals surface area (Å²) < 4.78 is 38.7. The molecule has 42 heavy (non-hydrogen) atoms. The maximum absolute atomic E-state index is 13.5. The number of carbonyl (C=O) groups excluding carboxylic acids is 1. The van der Waals surface area contributed by atoms with Crippen LogP contribution in [-0.4, -0.2) is 69.5 Å². The number of hydrogen-bond acceptors (Lipinski definition) is 6. The van der Waals surface area contributed by atoms with E-state index in [0.717, 1.165) is 55.0 Å². The SMILES string of the molecule is CC(C)N1CCC(N(Cc2cncc(N(C)c3cccnc3)c2)C(=O)/C=C/c2ccc(C(F)(F)F)cc2)CC1.O=CO. The van der Waals surface area contributed by atoms with Gasteiger partial charge in [-0.3, -0.25) is 19.6 Å². The average molecular weight is 584 g/mol. The highest BCUT2D eigenvalue weighted by Gasteiger charge is 2.30. The van der Waals surface area contributed by atoms with Gasteiger partial charge in [0.1, 0.15) is 0 Å². The average Bonchev–Trinajstić information content (AvgIpc) is 2.99. The highest BCUT2D eigenvalue weighted by Crippen LogP contribution is 2.29. The molecule has 1 saturated heterocycles. The highest BCUT2D eigenvalue weighted by molar-refractivity contribution is 5.92. The van der Waals surface area contributed by atoms with Crippen molar-refractivity contribution in [3.8, 4) is 0 Å². The number of piperidine rings is 1. The number of carbonyl (C=O) groups is 2. The second-order valence-electron chi connectivity index (χ2n) is 10.2. The summed E-state index contributed by atoms with van der Waals surface area (Å²) in [5, 5.41) is 6.89. The van der Waals surface area contributed by atoms with E-state index in [-0.39, 0.29) is 18.4 Å². The minimum Gasteiger partial charge on any atom is -0.483 e. The predicted molar refractivity (Wildman–Crippen MR) is 156 cm³/mol. The molecule has 2 aromatic heterocycles. The van der Waals surface area contributed by atoms with Crippen LogP contribution in [-0.2, 0) is 22.3 Å². The van der Waals surface area contributed by atoms with Crippen molar-refractivity contribution in [2.75, 3.05) is 25.0 Å². The molecule has 1 aliphatic rings. The zero-order valence-electron chi connectivity index (χ0n) is 23.9. The number of hydrogen-bond donors (Lipinski definition) is 1. The van der Waals surface area contributed by atoms with Crippen molar-refractivity contribution in [2.45, 2.75) is 51.5 Å². The van der Waals surface area contributed by atoms with Crippen LogP contribution in [0.25, 0.3) is 6.08 Å². The Morgan fingerprint density at radius 3 is 2.29 bits per heavy atom. The second kappa shape index (κ2) is 15.1. The molecule has 1 fully saturated rings. The number of rotatable bonds is 8. The van der Waals surface area contributed by atoms with E-state index in [4.69, 9.17) is 9.90 Å². The monoisotopic (exact) mass is 583 g/mol. The Balaban J connectivity index is 0.00000155. The van der Waals surface area contributed by atoms with Gasteiger partial charge in [-0.25, -0.2) is 0 Å². The summed E-state index contributed by atoms with van der Waals surface area (Å²) >= 11 is 0. The molecule has 1 N–H and O–H groups in total. The number of aromatic nitrogens is 2. The molecule has 0 saturated carbocycles. The van der Waals surface area contributed by atoms with Gasteiger partial charge in [0.2, 0.25) is 5.91 Å². The number of amides is 1. The van der Waals surface area contributed by atoms with Gasteiger partial charge in [-0.1, -0.05) is 12.1 Å². The Bertz CT molecular complexity index is 1310. The third-order valence-electron chi connectivity index (χ3n) is 7.16. The number of alkyl halides is 3. The lowest BCUT2D eigenvalue weighted by atomic mass is 10.0. The first-order valence-corrected chi connectivity index (χ1v) is 13.6. The zero-order chi connectivity index (χ0) is 30.7. The molecule has 0 unspecified atom stereocenters. The predicted octanol–water partition coefficient (Wildman–Crippen LogP) is 5.88. The Morgan fingerprint density at radius 2 is 1.71 bits per heavy atom. The number of likely N-dealkylation sites (tertiary alicyclic amines) is 1. The van der Waals surface area contributed by atoms with Gasteiger partial charge in [0.05, 0.1) is 29.3 Å². The zero-order valence-corrected chi connectivity index (χ0v) is 23.9. The smallest absolute Gasteiger partial charge is 0.416 e. The molecule has 3 aromatic rings. The molecular formula is C31H36F3N5O3. The van der Waals surface area contributed by atoms with Gasteiger partial charge in [0.15, 0.2) is 0 Å². The molecular weight excluding hydrogens is 547 g/mol. The van der Waals surface area contributed by atoms with Crippen LogP contribution in [0.4, 0.5) is 24.5 Å². The standard InChI is InChI=1S/C30H34F3N5O.CH2O2/c1-22(2)37-15-12-26(13-16-37)38(29(39)11-8-23-6-9-25(10-7-23)30(31,32)33)21-24-17-28(20-35-18-24)36(3)27-5-4-14-34-19-27;2-1-3/h4-11,14,17-20,22,26H,12-13,15-16,21H2,1-3H3;1H,(H,2,3)/b11-8+;. The van der Waals surface area contributed by atoms with Gasteiger partial charge >= 0.3 is 6.18 Å². The van der Waals surface area contributed by atoms with Crippen molar-refractivity contribution in [3.05, 3.63) is 90.0 Å². The number of benzene rings is 1. The first-order chi connectivity index (χ1) is 20.0. The summed E-state index contributed by atoms with van der Waals surface area (Å²) in [6.07, 6.45) is 7.36. The molecule has 3 heterocycles. The maximum Gasteiger partial charge on any atom is 0.416 e. The van der Waals surface area contributed by atoms with Gasteiger partial charge < -0.3 is 19.8 Å². The number of pyridine rings is 2. The fourth-order valence-electron chi connectivity index (χ4n) is 4.79. The topological polar surface area (TPSA) is 89.9 Å². The van der Waals surface area contributed by atoms with Crippen LogP contribution < -0.4 is 4.90 Å². The van der Waals surface area contributed by atoms with Crippen LogP contribution >= 0.6 is 0 Å². The number of nitrogens with zero attached hydrogens (tertiary/aromatic N) is 5. The van der Waals surface area contributed by atoms with Crippen LogP contribution in [0.2, 0.25) is 0 Å². The van der Waals surface area contributed by atoms with Gasteiger partial charge in [0, 0.05) is 57.2 Å². The lowest BCUT2D eigenvalue weighted by Crippen LogP contribution is -2.48. The Labute approximate surface area is 244 Å². The third kappa shape index (κ3) is 9.13. The van der Waals surface area contributed by atoms with Gasteiger partial charge in [-0.2, -0.15) is 13.2 Å². The maximum atomic E-state index is 13.5.